The van der Waals surface area contributed by atoms with Gasteiger partial charge in [-0.3, -0.25) is 0 Å². The van der Waals surface area contributed by atoms with Crippen LogP contribution in [0.5, 0.6) is 0 Å². The first-order chi connectivity index (χ1) is 8.74. The predicted octanol–water partition coefficient (Wildman–Crippen LogP) is 4.86. The second-order valence-corrected chi connectivity index (χ2v) is 4.79. The van der Waals surface area contributed by atoms with Crippen LogP contribution in [-0.2, 0) is 0 Å². The highest BCUT2D eigenvalue weighted by Gasteiger charge is 2.05. The van der Waals surface area contributed by atoms with Crippen molar-refractivity contribution >= 4 is 22.5 Å². The molecule has 1 heterocycles. The summed E-state index contributed by atoms with van der Waals surface area (Å²) < 4.78 is 0. The molecule has 0 fully saturated rings. The molecule has 0 aliphatic carbocycles. The molecule has 18 heavy (non-hydrogen) atoms. The van der Waals surface area contributed by atoms with Crippen LogP contribution >= 0.6 is 11.6 Å². The summed E-state index contributed by atoms with van der Waals surface area (Å²) >= 11 is 6.03. The van der Waals surface area contributed by atoms with Crippen molar-refractivity contribution in [2.45, 2.75) is 6.92 Å². The minimum atomic E-state index is 0.722. The molecule has 0 aliphatic rings. The lowest BCUT2D eigenvalue weighted by Gasteiger charge is -2.07. The van der Waals surface area contributed by atoms with Gasteiger partial charge in [-0.1, -0.05) is 48.0 Å². The summed E-state index contributed by atoms with van der Waals surface area (Å²) in [5, 5.41) is 1.87. The van der Waals surface area contributed by atoms with Gasteiger partial charge in [-0.2, -0.15) is 0 Å². The van der Waals surface area contributed by atoms with E-state index >= 15 is 0 Å². The zero-order valence-corrected chi connectivity index (χ0v) is 10.8. The third kappa shape index (κ3) is 1.98. The molecule has 3 aromatic rings. The topological polar surface area (TPSA) is 12.9 Å². The molecule has 0 N–H and O–H groups in total. The fourth-order valence-corrected chi connectivity index (χ4v) is 2.30. The van der Waals surface area contributed by atoms with Gasteiger partial charge in [-0.15, -0.1) is 0 Å². The molecule has 0 aliphatic heterocycles. The Morgan fingerprint density at radius 2 is 1.72 bits per heavy atom. The van der Waals surface area contributed by atoms with Crippen LogP contribution in [0.2, 0.25) is 5.02 Å². The Balaban J connectivity index is 2.27. The van der Waals surface area contributed by atoms with Gasteiger partial charge in [0.1, 0.15) is 0 Å². The van der Waals surface area contributed by atoms with Crippen LogP contribution in [0.1, 0.15) is 5.56 Å². The van der Waals surface area contributed by atoms with Crippen molar-refractivity contribution in [3.63, 3.8) is 0 Å². The van der Waals surface area contributed by atoms with Gasteiger partial charge in [0.05, 0.1) is 11.2 Å². The second-order valence-electron chi connectivity index (χ2n) is 4.35. The second kappa shape index (κ2) is 4.43. The van der Waals surface area contributed by atoms with Crippen LogP contribution in [0.25, 0.3) is 22.2 Å². The number of hydrogen-bond acceptors (Lipinski definition) is 1. The number of pyridine rings is 1. The van der Waals surface area contributed by atoms with Gasteiger partial charge >= 0.3 is 0 Å². The zero-order valence-electron chi connectivity index (χ0n) is 10.0. The molecule has 0 saturated carbocycles. The van der Waals surface area contributed by atoms with Crippen LogP contribution in [0.3, 0.4) is 0 Å². The summed E-state index contributed by atoms with van der Waals surface area (Å²) in [6, 6.07) is 18.1. The van der Waals surface area contributed by atoms with Gasteiger partial charge in [0.15, 0.2) is 0 Å². The van der Waals surface area contributed by atoms with Crippen LogP contribution in [0, 0.1) is 6.92 Å². The van der Waals surface area contributed by atoms with E-state index in [1.807, 2.05) is 36.4 Å². The molecule has 0 amide bonds. The quantitative estimate of drug-likeness (QED) is 0.603. The number of hydrogen-bond donors (Lipinski definition) is 0. The first kappa shape index (κ1) is 11.2. The molecule has 0 saturated heterocycles. The Morgan fingerprint density at radius 3 is 2.50 bits per heavy atom. The fraction of sp³-hybridized carbons (Fsp3) is 0.0625. The van der Waals surface area contributed by atoms with Gasteiger partial charge < -0.3 is 0 Å². The molecule has 0 spiro atoms. The summed E-state index contributed by atoms with van der Waals surface area (Å²) in [6.07, 6.45) is 0. The van der Waals surface area contributed by atoms with E-state index in [9.17, 15) is 0 Å². The maximum Gasteiger partial charge on any atom is 0.0727 e. The van der Waals surface area contributed by atoms with Crippen LogP contribution < -0.4 is 0 Å². The van der Waals surface area contributed by atoms with Gasteiger partial charge in [0.2, 0.25) is 0 Å². The monoisotopic (exact) mass is 253 g/mol. The van der Waals surface area contributed by atoms with E-state index < -0.39 is 0 Å². The molecule has 0 atom stereocenters. The van der Waals surface area contributed by atoms with Crippen molar-refractivity contribution < 1.29 is 0 Å². The smallest absolute Gasteiger partial charge is 0.0727 e. The molecule has 0 radical (unpaired) electrons. The standard InChI is InChI=1S/C16H12ClN/c1-11-9-15(12-5-3-2-4-6-12)18-16-10-13(17)7-8-14(11)16/h2-10H,1H3. The number of halogens is 1. The number of nitrogens with zero attached hydrogens (tertiary/aromatic N) is 1. The van der Waals surface area contributed by atoms with E-state index in [1.165, 1.54) is 5.56 Å². The number of rotatable bonds is 1. The highest BCUT2D eigenvalue weighted by molar-refractivity contribution is 6.31. The van der Waals surface area contributed by atoms with E-state index in [4.69, 9.17) is 11.6 Å². The summed E-state index contributed by atoms with van der Waals surface area (Å²) in [7, 11) is 0. The van der Waals surface area contributed by atoms with Gasteiger partial charge in [0.25, 0.3) is 0 Å². The molecule has 0 unspecified atom stereocenters. The lowest BCUT2D eigenvalue weighted by Crippen LogP contribution is -1.88. The SMILES string of the molecule is Cc1cc(-c2ccccc2)nc2cc(Cl)ccc12. The Labute approximate surface area is 111 Å². The van der Waals surface area contributed by atoms with Crippen molar-refractivity contribution in [1.82, 2.24) is 4.98 Å². The Kier molecular flexibility index (Phi) is 2.77. The number of benzene rings is 2. The van der Waals surface area contributed by atoms with Crippen molar-refractivity contribution in [2.75, 3.05) is 0 Å². The molecular formula is C16H12ClN. The predicted molar refractivity (Wildman–Crippen MR) is 76.9 cm³/mol. The van der Waals surface area contributed by atoms with Crippen molar-refractivity contribution in [1.29, 1.82) is 0 Å². The third-order valence-electron chi connectivity index (χ3n) is 3.05. The fourth-order valence-electron chi connectivity index (χ4n) is 2.13. The number of fused-ring (bicyclic) bond motifs is 1. The lowest BCUT2D eigenvalue weighted by molar-refractivity contribution is 1.36. The Morgan fingerprint density at radius 1 is 0.944 bits per heavy atom. The molecule has 88 valence electrons. The van der Waals surface area contributed by atoms with Crippen LogP contribution in [-0.4, -0.2) is 4.98 Å². The average Bonchev–Trinajstić information content (AvgIpc) is 2.39. The lowest BCUT2D eigenvalue weighted by atomic mass is 10.1. The molecular weight excluding hydrogens is 242 g/mol. The minimum absolute atomic E-state index is 0.722. The van der Waals surface area contributed by atoms with E-state index in [1.54, 1.807) is 0 Å². The largest absolute Gasteiger partial charge is 0.248 e. The molecule has 1 nitrogen and oxygen atoms in total. The summed E-state index contributed by atoms with van der Waals surface area (Å²) in [5.74, 6) is 0. The Bertz CT molecular complexity index is 705. The van der Waals surface area contributed by atoms with Crippen molar-refractivity contribution in [3.8, 4) is 11.3 Å². The molecule has 1 aromatic heterocycles. The summed E-state index contributed by atoms with van der Waals surface area (Å²) in [4.78, 5) is 4.68. The average molecular weight is 254 g/mol. The summed E-state index contributed by atoms with van der Waals surface area (Å²) in [5.41, 5.74) is 4.28. The normalized spacial score (nSPS) is 10.8. The molecule has 3 rings (SSSR count). The first-order valence-corrected chi connectivity index (χ1v) is 6.24. The van der Waals surface area contributed by atoms with E-state index in [0.717, 1.165) is 27.2 Å². The van der Waals surface area contributed by atoms with Gasteiger partial charge in [0, 0.05) is 16.0 Å². The van der Waals surface area contributed by atoms with E-state index in [2.05, 4.69) is 30.1 Å². The first-order valence-electron chi connectivity index (χ1n) is 5.86. The Hall–Kier alpha value is -1.86. The zero-order chi connectivity index (χ0) is 12.5. The van der Waals surface area contributed by atoms with Crippen LogP contribution in [0.4, 0.5) is 0 Å². The van der Waals surface area contributed by atoms with E-state index in [-0.39, 0.29) is 0 Å². The van der Waals surface area contributed by atoms with Crippen molar-refractivity contribution in [2.24, 2.45) is 0 Å². The highest BCUT2D eigenvalue weighted by atomic mass is 35.5. The van der Waals surface area contributed by atoms with Gasteiger partial charge in [-0.25, -0.2) is 4.98 Å². The summed E-state index contributed by atoms with van der Waals surface area (Å²) in [6.45, 7) is 2.10. The maximum absolute atomic E-state index is 6.03. The van der Waals surface area contributed by atoms with Crippen molar-refractivity contribution in [3.05, 3.63) is 65.2 Å². The van der Waals surface area contributed by atoms with E-state index in [0.29, 0.717) is 0 Å². The maximum atomic E-state index is 6.03. The number of aryl methyl sites for hydroxylation is 1. The number of aromatic nitrogens is 1. The van der Waals surface area contributed by atoms with Crippen LogP contribution in [0.15, 0.2) is 54.6 Å². The minimum Gasteiger partial charge on any atom is -0.248 e. The van der Waals surface area contributed by atoms with Gasteiger partial charge in [-0.05, 0) is 30.7 Å². The highest BCUT2D eigenvalue weighted by Crippen LogP contribution is 2.26. The molecule has 0 bridgehead atoms. The molecule has 2 heteroatoms. The molecule has 2 aromatic carbocycles. The third-order valence-corrected chi connectivity index (χ3v) is 3.28.